The largest absolute Gasteiger partial charge is 0.467 e. The monoisotopic (exact) mass is 286 g/mol. The summed E-state index contributed by atoms with van der Waals surface area (Å²) in [4.78, 5) is 11.9. The van der Waals surface area contributed by atoms with Crippen LogP contribution in [0.3, 0.4) is 0 Å². The second-order valence-electron chi connectivity index (χ2n) is 4.79. The molecule has 0 saturated heterocycles. The van der Waals surface area contributed by atoms with Crippen molar-refractivity contribution in [3.05, 3.63) is 71.8 Å². The summed E-state index contributed by atoms with van der Waals surface area (Å²) >= 11 is 0. The predicted octanol–water partition coefficient (Wildman–Crippen LogP) is 1.50. The van der Waals surface area contributed by atoms with Crippen molar-refractivity contribution in [2.45, 2.75) is 11.5 Å². The third kappa shape index (κ3) is 2.68. The van der Waals surface area contributed by atoms with Gasteiger partial charge in [0.25, 0.3) is 0 Å². The molecule has 0 radical (unpaired) electrons. The lowest BCUT2D eigenvalue weighted by Gasteiger charge is -2.36. The van der Waals surface area contributed by atoms with Crippen LogP contribution in [0.4, 0.5) is 0 Å². The van der Waals surface area contributed by atoms with Gasteiger partial charge in [0, 0.05) is 0 Å². The number of carbonyl (C=O) groups excluding carboxylic acids is 1. The minimum Gasteiger partial charge on any atom is -0.467 e. The third-order valence-electron chi connectivity index (χ3n) is 3.72. The topological polar surface area (TPSA) is 66.8 Å². The van der Waals surface area contributed by atoms with Crippen molar-refractivity contribution in [1.29, 1.82) is 0 Å². The molecule has 0 amide bonds. The van der Waals surface area contributed by atoms with E-state index in [1.165, 1.54) is 7.11 Å². The summed E-state index contributed by atoms with van der Waals surface area (Å²) in [5.74, 6) is -0.781. The number of aliphatic hydroxyl groups is 2. The highest BCUT2D eigenvalue weighted by atomic mass is 16.5. The van der Waals surface area contributed by atoms with E-state index in [1.807, 2.05) is 12.1 Å². The molecule has 0 aromatic heterocycles. The maximum atomic E-state index is 11.9. The predicted molar refractivity (Wildman–Crippen MR) is 78.8 cm³/mol. The Labute approximate surface area is 123 Å². The lowest BCUT2D eigenvalue weighted by atomic mass is 9.71. The fraction of sp³-hybridized carbons (Fsp3) is 0.235. The van der Waals surface area contributed by atoms with Crippen molar-refractivity contribution >= 4 is 5.97 Å². The minimum absolute atomic E-state index is 0.419. The van der Waals surface area contributed by atoms with Crippen LogP contribution in [0.25, 0.3) is 0 Å². The first-order valence-electron chi connectivity index (χ1n) is 6.64. The molecule has 0 saturated carbocycles. The van der Waals surface area contributed by atoms with Crippen LogP contribution in [-0.4, -0.2) is 36.0 Å². The second kappa shape index (κ2) is 6.52. The van der Waals surface area contributed by atoms with Crippen LogP contribution < -0.4 is 0 Å². The van der Waals surface area contributed by atoms with Crippen LogP contribution >= 0.6 is 0 Å². The Morgan fingerprint density at radius 2 is 1.48 bits per heavy atom. The lowest BCUT2D eigenvalue weighted by molar-refractivity contribution is -0.154. The molecular formula is C17H18O4. The highest BCUT2D eigenvalue weighted by Crippen LogP contribution is 2.36. The third-order valence-corrected chi connectivity index (χ3v) is 3.72. The maximum Gasteiger partial charge on any atom is 0.336 e. The summed E-state index contributed by atoms with van der Waals surface area (Å²) in [5.41, 5.74) is 0.0449. The molecule has 0 aliphatic rings. The van der Waals surface area contributed by atoms with Crippen LogP contribution in [-0.2, 0) is 14.9 Å². The quantitative estimate of drug-likeness (QED) is 0.817. The Morgan fingerprint density at radius 3 is 1.81 bits per heavy atom. The number of ether oxygens (including phenoxy) is 1. The molecule has 0 fully saturated rings. The summed E-state index contributed by atoms with van der Waals surface area (Å²) < 4.78 is 4.66. The van der Waals surface area contributed by atoms with Gasteiger partial charge >= 0.3 is 5.97 Å². The molecule has 0 heterocycles. The zero-order valence-electron chi connectivity index (χ0n) is 11.8. The molecule has 0 bridgehead atoms. The van der Waals surface area contributed by atoms with Gasteiger partial charge in [-0.05, 0) is 11.1 Å². The van der Waals surface area contributed by atoms with Crippen LogP contribution in [0, 0.1) is 0 Å². The molecule has 1 atom stereocenters. The van der Waals surface area contributed by atoms with Crippen LogP contribution in [0.15, 0.2) is 60.7 Å². The minimum atomic E-state index is -1.50. The normalized spacial score (nSPS) is 12.7. The number of aliphatic hydroxyl groups excluding tert-OH is 2. The first-order chi connectivity index (χ1) is 10.2. The SMILES string of the molecule is COC(=O)[C@@H](O)C(CO)(c1ccccc1)c1ccccc1. The number of hydrogen-bond donors (Lipinski definition) is 2. The van der Waals surface area contributed by atoms with E-state index in [-0.39, 0.29) is 0 Å². The smallest absolute Gasteiger partial charge is 0.336 e. The van der Waals surface area contributed by atoms with Crippen molar-refractivity contribution in [1.82, 2.24) is 0 Å². The maximum absolute atomic E-state index is 11.9. The van der Waals surface area contributed by atoms with Crippen molar-refractivity contribution in [3.63, 3.8) is 0 Å². The van der Waals surface area contributed by atoms with Gasteiger partial charge < -0.3 is 14.9 Å². The molecule has 4 nitrogen and oxygen atoms in total. The summed E-state index contributed by atoms with van der Waals surface area (Å²) in [6.07, 6.45) is -1.50. The molecule has 0 unspecified atom stereocenters. The van der Waals surface area contributed by atoms with Gasteiger partial charge in [-0.2, -0.15) is 0 Å². The van der Waals surface area contributed by atoms with E-state index >= 15 is 0 Å². The van der Waals surface area contributed by atoms with Gasteiger partial charge in [-0.15, -0.1) is 0 Å². The number of carbonyl (C=O) groups is 1. The number of hydrogen-bond acceptors (Lipinski definition) is 4. The molecule has 2 rings (SSSR count). The van der Waals surface area contributed by atoms with Gasteiger partial charge in [-0.3, -0.25) is 0 Å². The molecule has 2 aromatic carbocycles. The van der Waals surface area contributed by atoms with Crippen LogP contribution in [0.1, 0.15) is 11.1 Å². The first-order valence-corrected chi connectivity index (χ1v) is 6.64. The van der Waals surface area contributed by atoms with E-state index in [1.54, 1.807) is 48.5 Å². The summed E-state index contributed by atoms with van der Waals surface area (Å²) in [6, 6.07) is 18.0. The van der Waals surface area contributed by atoms with Crippen molar-refractivity contribution in [3.8, 4) is 0 Å². The first kappa shape index (κ1) is 15.2. The highest BCUT2D eigenvalue weighted by Gasteiger charge is 2.45. The summed E-state index contributed by atoms with van der Waals surface area (Å²) in [6.45, 7) is -0.419. The van der Waals surface area contributed by atoms with Gasteiger partial charge in [0.2, 0.25) is 0 Å². The van der Waals surface area contributed by atoms with Gasteiger partial charge in [0.1, 0.15) is 0 Å². The summed E-state index contributed by atoms with van der Waals surface area (Å²) in [5, 5.41) is 20.5. The molecule has 21 heavy (non-hydrogen) atoms. The van der Waals surface area contributed by atoms with Gasteiger partial charge in [-0.25, -0.2) is 4.79 Å². The number of esters is 1. The molecule has 0 spiro atoms. The zero-order chi connectivity index (χ0) is 15.3. The Kier molecular flexibility index (Phi) is 4.73. The Morgan fingerprint density at radius 1 is 1.05 bits per heavy atom. The van der Waals surface area contributed by atoms with Crippen LogP contribution in [0.2, 0.25) is 0 Å². The van der Waals surface area contributed by atoms with Crippen LogP contribution in [0.5, 0.6) is 0 Å². The Balaban J connectivity index is 2.65. The fourth-order valence-corrected chi connectivity index (χ4v) is 2.54. The summed E-state index contributed by atoms with van der Waals surface area (Å²) in [7, 11) is 1.21. The van der Waals surface area contributed by atoms with Gasteiger partial charge in [-0.1, -0.05) is 60.7 Å². The van der Waals surface area contributed by atoms with E-state index < -0.39 is 24.1 Å². The molecule has 4 heteroatoms. The van der Waals surface area contributed by atoms with Crippen molar-refractivity contribution < 1.29 is 19.7 Å². The fourth-order valence-electron chi connectivity index (χ4n) is 2.54. The van der Waals surface area contributed by atoms with Crippen molar-refractivity contribution in [2.24, 2.45) is 0 Å². The van der Waals surface area contributed by atoms with E-state index in [2.05, 4.69) is 4.74 Å². The van der Waals surface area contributed by atoms with E-state index in [9.17, 15) is 15.0 Å². The standard InChI is InChI=1S/C17H18O4/c1-21-16(20)15(19)17(12-18,13-8-4-2-5-9-13)14-10-6-3-7-11-14/h2-11,15,18-19H,12H2,1H3/t15-/m1/s1. The number of methoxy groups -OCH3 is 1. The molecule has 2 N–H and O–H groups in total. The number of rotatable bonds is 5. The molecule has 2 aromatic rings. The van der Waals surface area contributed by atoms with E-state index in [0.717, 1.165) is 0 Å². The van der Waals surface area contributed by atoms with E-state index in [0.29, 0.717) is 11.1 Å². The zero-order valence-corrected chi connectivity index (χ0v) is 11.8. The molecule has 0 aliphatic heterocycles. The van der Waals surface area contributed by atoms with Gasteiger partial charge in [0.05, 0.1) is 19.1 Å². The molecule has 0 aliphatic carbocycles. The van der Waals surface area contributed by atoms with Crippen molar-refractivity contribution in [2.75, 3.05) is 13.7 Å². The second-order valence-corrected chi connectivity index (χ2v) is 4.79. The average Bonchev–Trinajstić information content (AvgIpc) is 2.57. The molecular weight excluding hydrogens is 268 g/mol. The van der Waals surface area contributed by atoms with Gasteiger partial charge in [0.15, 0.2) is 6.10 Å². The highest BCUT2D eigenvalue weighted by molar-refractivity contribution is 5.78. The lowest BCUT2D eigenvalue weighted by Crippen LogP contribution is -2.48. The Hall–Kier alpha value is -2.17. The Bertz CT molecular complexity index is 541. The average molecular weight is 286 g/mol. The molecule has 110 valence electrons. The van der Waals surface area contributed by atoms with E-state index in [4.69, 9.17) is 0 Å². The number of benzene rings is 2.